The van der Waals surface area contributed by atoms with Gasteiger partial charge in [0.25, 0.3) is 0 Å². The van der Waals surface area contributed by atoms with Crippen molar-refractivity contribution in [3.05, 3.63) is 125 Å². The highest BCUT2D eigenvalue weighted by molar-refractivity contribution is 6.14. The molecule has 2 aliphatic heterocycles. The molecule has 47 heavy (non-hydrogen) atoms. The maximum Gasteiger partial charge on any atom is 0.217 e. The smallest absolute Gasteiger partial charge is 0.217 e. The fourth-order valence-electron chi connectivity index (χ4n) is 6.10. The van der Waals surface area contributed by atoms with E-state index in [9.17, 15) is 0 Å². The maximum absolute atomic E-state index is 6.46. The van der Waals surface area contributed by atoms with Gasteiger partial charge in [-0.25, -0.2) is 4.99 Å². The molecule has 0 radical (unpaired) electrons. The molecule has 7 nitrogen and oxygen atoms in total. The van der Waals surface area contributed by atoms with E-state index in [1.54, 1.807) is 7.11 Å². The number of aliphatic imine (C=N–C) groups is 1. The molecule has 5 aromatic rings. The number of hydrogen-bond donors (Lipinski definition) is 0. The lowest BCUT2D eigenvalue weighted by molar-refractivity contribution is -0.0438. The van der Waals surface area contributed by atoms with Crippen LogP contribution in [0.15, 0.2) is 108 Å². The van der Waals surface area contributed by atoms with Gasteiger partial charge in [0.05, 0.1) is 31.8 Å². The fourth-order valence-corrected chi connectivity index (χ4v) is 6.10. The van der Waals surface area contributed by atoms with Gasteiger partial charge >= 0.3 is 0 Å². The normalized spacial score (nSPS) is 16.3. The van der Waals surface area contributed by atoms with Crippen molar-refractivity contribution in [2.45, 2.75) is 39.4 Å². The predicted octanol–water partition coefficient (Wildman–Crippen LogP) is 8.52. The lowest BCUT2D eigenvalue weighted by Gasteiger charge is -2.22. The summed E-state index contributed by atoms with van der Waals surface area (Å²) in [6.07, 6.45) is -0.553. The van der Waals surface area contributed by atoms with Crippen molar-refractivity contribution in [1.82, 2.24) is 0 Å². The average Bonchev–Trinajstić information content (AvgIpc) is 3.84. The first kappa shape index (κ1) is 30.8. The summed E-state index contributed by atoms with van der Waals surface area (Å²) < 4.78 is 37.3. The quantitative estimate of drug-likeness (QED) is 0.146. The second kappa shape index (κ2) is 13.9. The van der Waals surface area contributed by atoms with Crippen molar-refractivity contribution in [3.8, 4) is 28.4 Å². The number of benzene rings is 5. The zero-order valence-electron chi connectivity index (χ0n) is 27.0. The highest BCUT2D eigenvalue weighted by atomic mass is 16.7. The van der Waals surface area contributed by atoms with Crippen LogP contribution in [0.1, 0.15) is 42.4 Å². The third-order valence-electron chi connectivity index (χ3n) is 8.63. The summed E-state index contributed by atoms with van der Waals surface area (Å²) in [6, 6.07) is 34.6. The van der Waals surface area contributed by atoms with E-state index < -0.39 is 6.29 Å². The summed E-state index contributed by atoms with van der Waals surface area (Å²) >= 11 is 0. The Morgan fingerprint density at radius 2 is 1.45 bits per heavy atom. The van der Waals surface area contributed by atoms with Crippen molar-refractivity contribution in [2.24, 2.45) is 10.9 Å². The first-order valence-corrected chi connectivity index (χ1v) is 16.1. The number of methoxy groups -OCH3 is 1. The summed E-state index contributed by atoms with van der Waals surface area (Å²) in [6.45, 7) is 6.76. The highest BCUT2D eigenvalue weighted by Crippen LogP contribution is 2.46. The second-order valence-corrected chi connectivity index (χ2v) is 12.1. The Morgan fingerprint density at radius 3 is 2.11 bits per heavy atom. The van der Waals surface area contributed by atoms with Gasteiger partial charge in [-0.3, -0.25) is 0 Å². The Bertz CT molecular complexity index is 1870. The molecule has 1 saturated heterocycles. The van der Waals surface area contributed by atoms with Crippen LogP contribution in [0, 0.1) is 5.92 Å². The maximum atomic E-state index is 6.46. The minimum absolute atomic E-state index is 0.0646. The van der Waals surface area contributed by atoms with E-state index in [0.717, 1.165) is 55.7 Å². The van der Waals surface area contributed by atoms with Crippen molar-refractivity contribution in [1.29, 1.82) is 0 Å². The van der Waals surface area contributed by atoms with Gasteiger partial charge < -0.3 is 28.4 Å². The molecule has 1 fully saturated rings. The van der Waals surface area contributed by atoms with E-state index in [1.165, 1.54) is 0 Å². The molecule has 2 aliphatic rings. The molecular weight excluding hydrogens is 590 g/mol. The van der Waals surface area contributed by atoms with Gasteiger partial charge in [-0.15, -0.1) is 0 Å². The van der Waals surface area contributed by atoms with Crippen LogP contribution >= 0.6 is 0 Å². The van der Waals surface area contributed by atoms with Gasteiger partial charge in [-0.05, 0) is 52.3 Å². The van der Waals surface area contributed by atoms with Crippen LogP contribution in [0.3, 0.4) is 0 Å². The first-order valence-electron chi connectivity index (χ1n) is 16.1. The molecule has 0 saturated carbocycles. The van der Waals surface area contributed by atoms with Crippen molar-refractivity contribution < 1.29 is 28.4 Å². The van der Waals surface area contributed by atoms with E-state index in [0.29, 0.717) is 50.6 Å². The van der Waals surface area contributed by atoms with Crippen LogP contribution < -0.4 is 14.2 Å². The van der Waals surface area contributed by atoms with Crippen LogP contribution in [-0.2, 0) is 27.4 Å². The van der Waals surface area contributed by atoms with E-state index in [-0.39, 0.29) is 6.04 Å². The zero-order valence-corrected chi connectivity index (χ0v) is 27.0. The molecule has 240 valence electrons. The number of nitrogens with zero attached hydrogens (tertiary/aromatic N) is 1. The van der Waals surface area contributed by atoms with E-state index >= 15 is 0 Å². The monoisotopic (exact) mass is 629 g/mol. The SMILES string of the molecule is COc1cc(C2=N[C@@H](C(C)C)CO2)c(-c2ccc(OCc3ccccc3)cc2C2OCCO2)c2cccc(OCc3ccccc3)c12. The third kappa shape index (κ3) is 6.55. The minimum atomic E-state index is -0.553. The molecule has 0 unspecified atom stereocenters. The number of hydrogen-bond acceptors (Lipinski definition) is 7. The number of ether oxygens (including phenoxy) is 6. The van der Waals surface area contributed by atoms with E-state index in [2.05, 4.69) is 50.2 Å². The molecule has 0 spiro atoms. The van der Waals surface area contributed by atoms with E-state index in [4.69, 9.17) is 33.4 Å². The van der Waals surface area contributed by atoms with Crippen molar-refractivity contribution in [2.75, 3.05) is 26.9 Å². The largest absolute Gasteiger partial charge is 0.496 e. The molecule has 0 aliphatic carbocycles. The molecular formula is C40H39NO6. The number of fused-ring (bicyclic) bond motifs is 1. The summed E-state index contributed by atoms with van der Waals surface area (Å²) in [5, 5.41) is 1.81. The predicted molar refractivity (Wildman–Crippen MR) is 183 cm³/mol. The van der Waals surface area contributed by atoms with Crippen LogP contribution in [0.4, 0.5) is 0 Å². The van der Waals surface area contributed by atoms with Crippen LogP contribution in [0.25, 0.3) is 21.9 Å². The topological polar surface area (TPSA) is 67.7 Å². The summed E-state index contributed by atoms with van der Waals surface area (Å²) in [7, 11) is 1.69. The summed E-state index contributed by atoms with van der Waals surface area (Å²) in [5.74, 6) is 3.07. The summed E-state index contributed by atoms with van der Waals surface area (Å²) in [4.78, 5) is 5.05. The standard InChI is InChI=1S/C40H39NO6/c1-26(2)34-25-47-39(41-34)33-22-36(42-3)38-31(15-10-16-35(38)46-24-28-13-8-5-9-14-28)37(33)30-18-17-29(21-32(30)40-43-19-20-44-40)45-23-27-11-6-4-7-12-27/h4-18,21-22,26,34,40H,19-20,23-25H2,1-3H3/t34-/m1/s1. The van der Waals surface area contributed by atoms with Gasteiger partial charge in [-0.1, -0.05) is 92.7 Å². The van der Waals surface area contributed by atoms with E-state index in [1.807, 2.05) is 66.7 Å². The lowest BCUT2D eigenvalue weighted by atomic mass is 9.89. The van der Waals surface area contributed by atoms with Gasteiger partial charge in [0.15, 0.2) is 6.29 Å². The molecule has 0 aromatic heterocycles. The zero-order chi connectivity index (χ0) is 32.2. The summed E-state index contributed by atoms with van der Waals surface area (Å²) in [5.41, 5.74) is 5.76. The lowest BCUT2D eigenvalue weighted by Crippen LogP contribution is -2.13. The first-order chi connectivity index (χ1) is 23.1. The Labute approximate surface area is 275 Å². The van der Waals surface area contributed by atoms with Crippen molar-refractivity contribution >= 4 is 16.7 Å². The fraction of sp³-hybridized carbons (Fsp3) is 0.275. The highest BCUT2D eigenvalue weighted by Gasteiger charge is 2.31. The minimum Gasteiger partial charge on any atom is -0.496 e. The Balaban J connectivity index is 1.40. The van der Waals surface area contributed by atoms with Crippen LogP contribution in [0.5, 0.6) is 17.2 Å². The second-order valence-electron chi connectivity index (χ2n) is 12.1. The number of rotatable bonds is 11. The van der Waals surface area contributed by atoms with Gasteiger partial charge in [-0.2, -0.15) is 0 Å². The average molecular weight is 630 g/mol. The Morgan fingerprint density at radius 1 is 0.745 bits per heavy atom. The molecule has 2 heterocycles. The van der Waals surface area contributed by atoms with Crippen molar-refractivity contribution in [3.63, 3.8) is 0 Å². The molecule has 7 rings (SSSR count). The molecule has 7 heteroatoms. The van der Waals surface area contributed by atoms with Gasteiger partial charge in [0.1, 0.15) is 37.1 Å². The molecule has 0 amide bonds. The molecule has 1 atom stereocenters. The Kier molecular flexibility index (Phi) is 9.09. The van der Waals surface area contributed by atoms with Crippen LogP contribution in [0.2, 0.25) is 0 Å². The van der Waals surface area contributed by atoms with Crippen LogP contribution in [-0.4, -0.2) is 38.9 Å². The third-order valence-corrected chi connectivity index (χ3v) is 8.63. The Hall–Kier alpha value is -4.85. The molecule has 0 N–H and O–H groups in total. The van der Waals surface area contributed by atoms with Gasteiger partial charge in [0, 0.05) is 16.7 Å². The molecule has 0 bridgehead atoms. The molecule has 5 aromatic carbocycles. The van der Waals surface area contributed by atoms with Gasteiger partial charge in [0.2, 0.25) is 5.90 Å².